The molecule has 0 aliphatic rings. The lowest BCUT2D eigenvalue weighted by molar-refractivity contribution is -0.131. The van der Waals surface area contributed by atoms with Gasteiger partial charge in [0.15, 0.2) is 11.5 Å². The van der Waals surface area contributed by atoms with E-state index in [1.165, 1.54) is 13.8 Å². The van der Waals surface area contributed by atoms with Crippen LogP contribution in [-0.4, -0.2) is 33.2 Å². The molecule has 0 bridgehead atoms. The van der Waals surface area contributed by atoms with E-state index in [2.05, 4.69) is 5.32 Å². The summed E-state index contributed by atoms with van der Waals surface area (Å²) in [7, 11) is 4.70. The molecular formula is C22H27NO6. The number of methoxy groups -OCH3 is 3. The van der Waals surface area contributed by atoms with Crippen LogP contribution in [0.25, 0.3) is 0 Å². The molecule has 0 heterocycles. The predicted octanol–water partition coefficient (Wildman–Crippen LogP) is 3.45. The van der Waals surface area contributed by atoms with Crippen molar-refractivity contribution in [2.75, 3.05) is 21.3 Å². The van der Waals surface area contributed by atoms with Crippen LogP contribution in [-0.2, 0) is 16.0 Å². The van der Waals surface area contributed by atoms with Crippen LogP contribution < -0.4 is 24.3 Å². The number of esters is 1. The first-order chi connectivity index (χ1) is 13.9. The topological polar surface area (TPSA) is 83.1 Å². The van der Waals surface area contributed by atoms with Crippen molar-refractivity contribution in [2.45, 2.75) is 32.7 Å². The van der Waals surface area contributed by atoms with Crippen LogP contribution in [0, 0.1) is 0 Å². The zero-order valence-corrected chi connectivity index (χ0v) is 17.4. The van der Waals surface area contributed by atoms with E-state index in [1.54, 1.807) is 39.5 Å². The summed E-state index contributed by atoms with van der Waals surface area (Å²) in [6, 6.07) is 10.7. The summed E-state index contributed by atoms with van der Waals surface area (Å²) in [5, 5.41) is 2.96. The molecule has 0 radical (unpaired) electrons. The number of carbonyl (C=O) groups is 2. The van der Waals surface area contributed by atoms with Crippen LogP contribution >= 0.6 is 0 Å². The molecule has 0 saturated carbocycles. The Morgan fingerprint density at radius 2 is 1.62 bits per heavy atom. The Morgan fingerprint density at radius 3 is 2.14 bits per heavy atom. The second kappa shape index (κ2) is 10.4. The minimum Gasteiger partial charge on any atom is -0.493 e. The van der Waals surface area contributed by atoms with Crippen LogP contribution in [0.5, 0.6) is 23.0 Å². The monoisotopic (exact) mass is 401 g/mol. The minimum absolute atomic E-state index is 0.141. The zero-order valence-electron chi connectivity index (χ0n) is 17.4. The van der Waals surface area contributed by atoms with Crippen LogP contribution in [0.1, 0.15) is 37.4 Å². The van der Waals surface area contributed by atoms with Gasteiger partial charge in [0.25, 0.3) is 0 Å². The molecule has 0 aliphatic heterocycles. The van der Waals surface area contributed by atoms with Crippen LogP contribution in [0.4, 0.5) is 0 Å². The molecular weight excluding hydrogens is 374 g/mol. The maximum Gasteiger partial charge on any atom is 0.308 e. The van der Waals surface area contributed by atoms with Crippen LogP contribution in [0.15, 0.2) is 36.4 Å². The second-order valence-electron chi connectivity index (χ2n) is 6.49. The van der Waals surface area contributed by atoms with E-state index in [1.807, 2.05) is 18.2 Å². The third kappa shape index (κ3) is 6.14. The van der Waals surface area contributed by atoms with E-state index in [-0.39, 0.29) is 11.9 Å². The number of ether oxygens (including phenoxy) is 4. The van der Waals surface area contributed by atoms with Gasteiger partial charge in [0, 0.05) is 13.8 Å². The molecule has 0 fully saturated rings. The summed E-state index contributed by atoms with van der Waals surface area (Å²) < 4.78 is 21.3. The number of hydrogen-bond donors (Lipinski definition) is 1. The Bertz CT molecular complexity index is 839. The van der Waals surface area contributed by atoms with E-state index in [4.69, 9.17) is 18.9 Å². The third-order valence-corrected chi connectivity index (χ3v) is 4.35. The van der Waals surface area contributed by atoms with Crippen molar-refractivity contribution in [1.82, 2.24) is 5.32 Å². The highest BCUT2D eigenvalue weighted by Crippen LogP contribution is 2.38. The molecule has 0 aliphatic carbocycles. The van der Waals surface area contributed by atoms with Crippen molar-refractivity contribution >= 4 is 11.9 Å². The van der Waals surface area contributed by atoms with Gasteiger partial charge in [-0.1, -0.05) is 12.1 Å². The first-order valence-corrected chi connectivity index (χ1v) is 9.22. The second-order valence-corrected chi connectivity index (χ2v) is 6.49. The first kappa shape index (κ1) is 22.1. The van der Waals surface area contributed by atoms with Gasteiger partial charge in [-0.2, -0.15) is 0 Å². The molecule has 1 N–H and O–H groups in total. The molecule has 156 valence electrons. The standard InChI is InChI=1S/C22H27NO6/c1-14(24)23-19(17-7-6-8-18(13-17)29-15(2)25)10-9-16-11-20(26-3)22(28-5)21(12-16)27-4/h6-8,11-13,19H,9-10H2,1-5H3,(H,23,24). The van der Waals surface area contributed by atoms with E-state index in [0.717, 1.165) is 11.1 Å². The van der Waals surface area contributed by atoms with E-state index in [0.29, 0.717) is 35.8 Å². The summed E-state index contributed by atoms with van der Waals surface area (Å²) in [4.78, 5) is 23.0. The quantitative estimate of drug-likeness (QED) is 0.512. The lowest BCUT2D eigenvalue weighted by Gasteiger charge is -2.20. The van der Waals surface area contributed by atoms with Gasteiger partial charge in [-0.15, -0.1) is 0 Å². The Morgan fingerprint density at radius 1 is 0.966 bits per heavy atom. The summed E-state index contributed by atoms with van der Waals surface area (Å²) >= 11 is 0. The highest BCUT2D eigenvalue weighted by Gasteiger charge is 2.17. The maximum absolute atomic E-state index is 11.7. The SMILES string of the molecule is COc1cc(CCC(NC(C)=O)c2cccc(OC(C)=O)c2)cc(OC)c1OC. The van der Waals surface area contributed by atoms with E-state index < -0.39 is 5.97 Å². The van der Waals surface area contributed by atoms with Gasteiger partial charge < -0.3 is 24.3 Å². The first-order valence-electron chi connectivity index (χ1n) is 9.22. The highest BCUT2D eigenvalue weighted by molar-refractivity contribution is 5.73. The Labute approximate surface area is 170 Å². The van der Waals surface area contributed by atoms with Gasteiger partial charge in [0.1, 0.15) is 5.75 Å². The average Bonchev–Trinajstić information content (AvgIpc) is 2.69. The van der Waals surface area contributed by atoms with Crippen molar-refractivity contribution < 1.29 is 28.5 Å². The van der Waals surface area contributed by atoms with Crippen molar-refractivity contribution in [3.05, 3.63) is 47.5 Å². The molecule has 1 atom stereocenters. The largest absolute Gasteiger partial charge is 0.493 e. The number of nitrogens with one attached hydrogen (secondary N) is 1. The molecule has 29 heavy (non-hydrogen) atoms. The van der Waals surface area contributed by atoms with Gasteiger partial charge in [-0.05, 0) is 48.2 Å². The van der Waals surface area contributed by atoms with Crippen molar-refractivity contribution in [3.8, 4) is 23.0 Å². The molecule has 1 unspecified atom stereocenters. The molecule has 1 amide bonds. The predicted molar refractivity (Wildman–Crippen MR) is 109 cm³/mol. The molecule has 0 spiro atoms. The molecule has 7 nitrogen and oxygen atoms in total. The number of hydrogen-bond acceptors (Lipinski definition) is 6. The van der Waals surface area contributed by atoms with Gasteiger partial charge in [-0.25, -0.2) is 0 Å². The van der Waals surface area contributed by atoms with Crippen molar-refractivity contribution in [3.63, 3.8) is 0 Å². The molecule has 0 saturated heterocycles. The van der Waals surface area contributed by atoms with Gasteiger partial charge in [0.05, 0.1) is 27.4 Å². The number of rotatable bonds is 9. The summed E-state index contributed by atoms with van der Waals surface area (Å²) in [6.45, 7) is 2.82. The van der Waals surface area contributed by atoms with Crippen molar-refractivity contribution in [1.29, 1.82) is 0 Å². The number of carbonyl (C=O) groups excluding carboxylic acids is 2. The van der Waals surface area contributed by atoms with Gasteiger partial charge in [0.2, 0.25) is 11.7 Å². The fourth-order valence-corrected chi connectivity index (χ4v) is 3.12. The fraction of sp³-hybridized carbons (Fsp3) is 0.364. The lowest BCUT2D eigenvalue weighted by Crippen LogP contribution is -2.26. The molecule has 7 heteroatoms. The fourth-order valence-electron chi connectivity index (χ4n) is 3.12. The summed E-state index contributed by atoms with van der Waals surface area (Å²) in [5.74, 6) is 1.60. The Balaban J connectivity index is 2.26. The third-order valence-electron chi connectivity index (χ3n) is 4.35. The lowest BCUT2D eigenvalue weighted by atomic mass is 9.98. The normalized spacial score (nSPS) is 11.3. The van der Waals surface area contributed by atoms with Crippen molar-refractivity contribution in [2.24, 2.45) is 0 Å². The maximum atomic E-state index is 11.7. The Hall–Kier alpha value is -3.22. The smallest absolute Gasteiger partial charge is 0.308 e. The van der Waals surface area contributed by atoms with E-state index >= 15 is 0 Å². The Kier molecular flexibility index (Phi) is 7.88. The van der Waals surface area contributed by atoms with E-state index in [9.17, 15) is 9.59 Å². The highest BCUT2D eigenvalue weighted by atomic mass is 16.5. The van der Waals surface area contributed by atoms with Crippen LogP contribution in [0.3, 0.4) is 0 Å². The molecule has 0 aromatic heterocycles. The van der Waals surface area contributed by atoms with Crippen LogP contribution in [0.2, 0.25) is 0 Å². The molecule has 2 aromatic carbocycles. The average molecular weight is 401 g/mol. The summed E-state index contributed by atoms with van der Waals surface area (Å²) in [5.41, 5.74) is 1.83. The number of amides is 1. The number of aryl methyl sites for hydroxylation is 1. The summed E-state index contributed by atoms with van der Waals surface area (Å²) in [6.07, 6.45) is 1.28. The molecule has 2 aromatic rings. The minimum atomic E-state index is -0.393. The van der Waals surface area contributed by atoms with Gasteiger partial charge >= 0.3 is 5.97 Å². The zero-order chi connectivity index (χ0) is 21.4. The van der Waals surface area contributed by atoms with Gasteiger partial charge in [-0.3, -0.25) is 9.59 Å². The number of benzene rings is 2. The molecule has 2 rings (SSSR count).